The zero-order valence-corrected chi connectivity index (χ0v) is 12.1. The number of hydrogen-bond donors (Lipinski definition) is 3. The van der Waals surface area contributed by atoms with E-state index in [0.29, 0.717) is 6.54 Å². The van der Waals surface area contributed by atoms with E-state index in [2.05, 4.69) is 29.5 Å². The standard InChI is InChI=1S/C14H23FN4O/c1-3-19(4-2)10-6-9-17-14(20)11-7-5-8-12(15)13(11)18-16/h5,7-8,18H,3-4,6,9-10,16H2,1-2H3,(H,17,20). The van der Waals surface area contributed by atoms with E-state index in [4.69, 9.17) is 5.84 Å². The van der Waals surface area contributed by atoms with Crippen LogP contribution >= 0.6 is 0 Å². The molecule has 0 heterocycles. The van der Waals surface area contributed by atoms with Crippen molar-refractivity contribution < 1.29 is 9.18 Å². The van der Waals surface area contributed by atoms with Crippen LogP contribution in [0.1, 0.15) is 30.6 Å². The van der Waals surface area contributed by atoms with Gasteiger partial charge in [-0.3, -0.25) is 10.6 Å². The molecule has 0 bridgehead atoms. The molecule has 0 fully saturated rings. The molecule has 0 saturated heterocycles. The van der Waals surface area contributed by atoms with Gasteiger partial charge in [0.05, 0.1) is 11.3 Å². The Balaban J connectivity index is 2.49. The van der Waals surface area contributed by atoms with Gasteiger partial charge in [-0.25, -0.2) is 4.39 Å². The Morgan fingerprint density at radius 3 is 2.65 bits per heavy atom. The van der Waals surface area contributed by atoms with Gasteiger partial charge in [-0.1, -0.05) is 19.9 Å². The number of para-hydroxylation sites is 1. The smallest absolute Gasteiger partial charge is 0.253 e. The highest BCUT2D eigenvalue weighted by Crippen LogP contribution is 2.18. The molecular weight excluding hydrogens is 259 g/mol. The van der Waals surface area contributed by atoms with E-state index in [-0.39, 0.29) is 17.2 Å². The lowest BCUT2D eigenvalue weighted by Crippen LogP contribution is -2.30. The molecule has 6 heteroatoms. The van der Waals surface area contributed by atoms with Gasteiger partial charge in [0.25, 0.3) is 5.91 Å². The number of anilines is 1. The molecule has 5 nitrogen and oxygen atoms in total. The van der Waals surface area contributed by atoms with E-state index in [9.17, 15) is 9.18 Å². The number of nitrogens with zero attached hydrogens (tertiary/aromatic N) is 1. The van der Waals surface area contributed by atoms with Crippen LogP contribution in [-0.4, -0.2) is 37.0 Å². The molecule has 0 atom stereocenters. The second-order valence-corrected chi connectivity index (χ2v) is 4.44. The Labute approximate surface area is 119 Å². The highest BCUT2D eigenvalue weighted by atomic mass is 19.1. The maximum atomic E-state index is 13.5. The molecular formula is C14H23FN4O. The van der Waals surface area contributed by atoms with E-state index in [0.717, 1.165) is 26.1 Å². The predicted octanol–water partition coefficient (Wildman–Crippen LogP) is 1.57. The zero-order valence-electron chi connectivity index (χ0n) is 12.1. The predicted molar refractivity (Wildman–Crippen MR) is 78.9 cm³/mol. The van der Waals surface area contributed by atoms with Crippen LogP contribution in [0.25, 0.3) is 0 Å². The summed E-state index contributed by atoms with van der Waals surface area (Å²) < 4.78 is 13.5. The van der Waals surface area contributed by atoms with Gasteiger partial charge in [-0.2, -0.15) is 0 Å². The van der Waals surface area contributed by atoms with Crippen molar-refractivity contribution in [2.24, 2.45) is 5.84 Å². The lowest BCUT2D eigenvalue weighted by molar-refractivity contribution is 0.0952. The minimum absolute atomic E-state index is 0.0220. The van der Waals surface area contributed by atoms with Gasteiger partial charge >= 0.3 is 0 Å². The average Bonchev–Trinajstić information content (AvgIpc) is 2.47. The fraction of sp³-hybridized carbons (Fsp3) is 0.500. The second-order valence-electron chi connectivity index (χ2n) is 4.44. The number of nitrogens with one attached hydrogen (secondary N) is 2. The average molecular weight is 282 g/mol. The first-order chi connectivity index (χ1) is 9.63. The summed E-state index contributed by atoms with van der Waals surface area (Å²) in [5.41, 5.74) is 2.47. The molecule has 0 radical (unpaired) electrons. The van der Waals surface area contributed by atoms with Gasteiger partial charge in [-0.15, -0.1) is 0 Å². The number of rotatable bonds is 8. The Morgan fingerprint density at radius 1 is 1.35 bits per heavy atom. The van der Waals surface area contributed by atoms with Crippen molar-refractivity contribution in [3.05, 3.63) is 29.6 Å². The van der Waals surface area contributed by atoms with Gasteiger partial charge in [-0.05, 0) is 38.2 Å². The van der Waals surface area contributed by atoms with Crippen LogP contribution in [0, 0.1) is 5.82 Å². The van der Waals surface area contributed by atoms with Crippen molar-refractivity contribution in [2.45, 2.75) is 20.3 Å². The minimum Gasteiger partial charge on any atom is -0.352 e. The summed E-state index contributed by atoms with van der Waals surface area (Å²) >= 11 is 0. The Hall–Kier alpha value is -1.66. The number of nitrogens with two attached hydrogens (primary N) is 1. The van der Waals surface area contributed by atoms with E-state index in [1.807, 2.05) is 0 Å². The fourth-order valence-corrected chi connectivity index (χ4v) is 2.00. The number of carbonyl (C=O) groups is 1. The van der Waals surface area contributed by atoms with Crippen molar-refractivity contribution in [3.63, 3.8) is 0 Å². The molecule has 0 aromatic heterocycles. The van der Waals surface area contributed by atoms with Gasteiger partial charge in [0.1, 0.15) is 5.82 Å². The van der Waals surface area contributed by atoms with Crippen LogP contribution in [-0.2, 0) is 0 Å². The third kappa shape index (κ3) is 4.47. The van der Waals surface area contributed by atoms with Crippen molar-refractivity contribution in [1.29, 1.82) is 0 Å². The van der Waals surface area contributed by atoms with Crippen molar-refractivity contribution in [2.75, 3.05) is 31.6 Å². The molecule has 0 spiro atoms. The third-order valence-corrected chi connectivity index (χ3v) is 3.23. The van der Waals surface area contributed by atoms with Crippen molar-refractivity contribution in [3.8, 4) is 0 Å². The first kappa shape index (κ1) is 16.4. The summed E-state index contributed by atoms with van der Waals surface area (Å²) in [5.74, 6) is 4.38. The summed E-state index contributed by atoms with van der Waals surface area (Å²) in [6.45, 7) is 7.68. The molecule has 112 valence electrons. The number of hydrogen-bond acceptors (Lipinski definition) is 4. The van der Waals surface area contributed by atoms with Crippen LogP contribution in [0.5, 0.6) is 0 Å². The molecule has 20 heavy (non-hydrogen) atoms. The number of hydrazine groups is 1. The fourth-order valence-electron chi connectivity index (χ4n) is 2.00. The molecule has 1 aromatic rings. The first-order valence-electron chi connectivity index (χ1n) is 6.89. The van der Waals surface area contributed by atoms with Gasteiger partial charge in [0, 0.05) is 6.54 Å². The highest BCUT2D eigenvalue weighted by Gasteiger charge is 2.13. The lowest BCUT2D eigenvalue weighted by atomic mass is 10.1. The maximum Gasteiger partial charge on any atom is 0.253 e. The van der Waals surface area contributed by atoms with Crippen LogP contribution in [0.2, 0.25) is 0 Å². The Bertz CT molecular complexity index is 435. The summed E-state index contributed by atoms with van der Waals surface area (Å²) in [4.78, 5) is 14.3. The minimum atomic E-state index is -0.539. The lowest BCUT2D eigenvalue weighted by Gasteiger charge is -2.17. The van der Waals surface area contributed by atoms with Crippen LogP contribution in [0.4, 0.5) is 10.1 Å². The molecule has 0 aliphatic rings. The van der Waals surface area contributed by atoms with E-state index in [1.165, 1.54) is 18.2 Å². The molecule has 0 aliphatic heterocycles. The molecule has 0 aliphatic carbocycles. The maximum absolute atomic E-state index is 13.5. The van der Waals surface area contributed by atoms with Gasteiger partial charge in [0.15, 0.2) is 0 Å². The van der Waals surface area contributed by atoms with E-state index < -0.39 is 5.82 Å². The van der Waals surface area contributed by atoms with Crippen molar-refractivity contribution >= 4 is 11.6 Å². The number of nitrogen functional groups attached to an aromatic ring is 1. The van der Waals surface area contributed by atoms with E-state index in [1.54, 1.807) is 0 Å². The second kappa shape index (κ2) is 8.50. The number of halogens is 1. The summed E-state index contributed by atoms with van der Waals surface area (Å²) in [6, 6.07) is 4.28. The molecule has 1 rings (SSSR count). The number of benzene rings is 1. The van der Waals surface area contributed by atoms with Gasteiger partial charge in [0.2, 0.25) is 0 Å². The molecule has 4 N–H and O–H groups in total. The summed E-state index contributed by atoms with van der Waals surface area (Å²) in [6.07, 6.45) is 0.855. The van der Waals surface area contributed by atoms with Gasteiger partial charge < -0.3 is 15.6 Å². The molecule has 1 aromatic carbocycles. The topological polar surface area (TPSA) is 70.4 Å². The summed E-state index contributed by atoms with van der Waals surface area (Å²) in [5, 5.41) is 2.78. The Morgan fingerprint density at radius 2 is 2.05 bits per heavy atom. The SMILES string of the molecule is CCN(CC)CCCNC(=O)c1cccc(F)c1NN. The van der Waals surface area contributed by atoms with Crippen LogP contribution in [0.15, 0.2) is 18.2 Å². The molecule has 1 amide bonds. The van der Waals surface area contributed by atoms with Crippen LogP contribution in [0.3, 0.4) is 0 Å². The monoisotopic (exact) mass is 282 g/mol. The summed E-state index contributed by atoms with van der Waals surface area (Å²) in [7, 11) is 0. The first-order valence-corrected chi connectivity index (χ1v) is 6.89. The van der Waals surface area contributed by atoms with Crippen LogP contribution < -0.4 is 16.6 Å². The Kier molecular flexibility index (Phi) is 6.97. The number of amides is 1. The highest BCUT2D eigenvalue weighted by molar-refractivity contribution is 5.99. The third-order valence-electron chi connectivity index (χ3n) is 3.23. The number of carbonyl (C=O) groups excluding carboxylic acids is 1. The molecule has 0 saturated carbocycles. The zero-order chi connectivity index (χ0) is 15.0. The largest absolute Gasteiger partial charge is 0.352 e. The molecule has 0 unspecified atom stereocenters. The quantitative estimate of drug-likeness (QED) is 0.384. The van der Waals surface area contributed by atoms with Crippen molar-refractivity contribution in [1.82, 2.24) is 10.2 Å². The normalized spacial score (nSPS) is 10.7. The van der Waals surface area contributed by atoms with E-state index >= 15 is 0 Å².